The van der Waals surface area contributed by atoms with Gasteiger partial charge in [0.15, 0.2) is 0 Å². The first-order chi connectivity index (χ1) is 8.29. The Labute approximate surface area is 111 Å². The van der Waals surface area contributed by atoms with Crippen molar-refractivity contribution in [3.8, 4) is 5.75 Å². The summed E-state index contributed by atoms with van der Waals surface area (Å²) in [6, 6.07) is 5.95. The van der Waals surface area contributed by atoms with Crippen LogP contribution in [0.2, 0.25) is 0 Å². The zero-order valence-electron chi connectivity index (χ0n) is 10.0. The van der Waals surface area contributed by atoms with Crippen LogP contribution in [0.25, 0.3) is 0 Å². The van der Waals surface area contributed by atoms with Gasteiger partial charge in [0, 0.05) is 11.0 Å². The number of piperidine rings is 1. The number of halogens is 1. The molecule has 0 bridgehead atoms. The van der Waals surface area contributed by atoms with Crippen molar-refractivity contribution < 1.29 is 9.47 Å². The van der Waals surface area contributed by atoms with Gasteiger partial charge in [0.1, 0.15) is 5.75 Å². The molecule has 1 heterocycles. The average Bonchev–Trinajstić information content (AvgIpc) is 2.39. The lowest BCUT2D eigenvalue weighted by Crippen LogP contribution is -2.35. The molecule has 0 saturated carbocycles. The van der Waals surface area contributed by atoms with E-state index in [0.29, 0.717) is 12.7 Å². The predicted octanol–water partition coefficient (Wildman–Crippen LogP) is 2.73. The highest BCUT2D eigenvalue weighted by Crippen LogP contribution is 2.24. The van der Waals surface area contributed by atoms with E-state index in [-0.39, 0.29) is 0 Å². The van der Waals surface area contributed by atoms with Crippen LogP contribution in [0.1, 0.15) is 18.4 Å². The molecule has 3 nitrogen and oxygen atoms in total. The lowest BCUT2D eigenvalue weighted by atomic mass is 10.1. The first-order valence-corrected chi connectivity index (χ1v) is 6.73. The van der Waals surface area contributed by atoms with E-state index in [1.54, 1.807) is 7.11 Å². The summed E-state index contributed by atoms with van der Waals surface area (Å²) in [4.78, 5) is 0. The van der Waals surface area contributed by atoms with Gasteiger partial charge in [-0.3, -0.25) is 0 Å². The van der Waals surface area contributed by atoms with Crippen molar-refractivity contribution in [2.45, 2.75) is 25.6 Å². The summed E-state index contributed by atoms with van der Waals surface area (Å²) in [5.74, 6) is 0.869. The second kappa shape index (κ2) is 6.38. The SMILES string of the molecule is COc1ccc(Br)c(CO[C@H]2CCCNC2)c1. The molecular weight excluding hydrogens is 282 g/mol. The van der Waals surface area contributed by atoms with Crippen LogP contribution in [-0.4, -0.2) is 26.3 Å². The van der Waals surface area contributed by atoms with Crippen LogP contribution in [0.15, 0.2) is 22.7 Å². The Morgan fingerprint density at radius 2 is 2.35 bits per heavy atom. The van der Waals surface area contributed by atoms with E-state index in [0.717, 1.165) is 35.3 Å². The summed E-state index contributed by atoms with van der Waals surface area (Å²) in [5, 5.41) is 3.35. The Morgan fingerprint density at radius 1 is 1.47 bits per heavy atom. The first kappa shape index (κ1) is 12.9. The molecule has 17 heavy (non-hydrogen) atoms. The van der Waals surface area contributed by atoms with Gasteiger partial charge in [-0.25, -0.2) is 0 Å². The van der Waals surface area contributed by atoms with Gasteiger partial charge in [-0.1, -0.05) is 15.9 Å². The highest BCUT2D eigenvalue weighted by Gasteiger charge is 2.13. The highest BCUT2D eigenvalue weighted by molar-refractivity contribution is 9.10. The molecule has 1 fully saturated rings. The molecule has 94 valence electrons. The largest absolute Gasteiger partial charge is 0.497 e. The van der Waals surface area contributed by atoms with E-state index in [9.17, 15) is 0 Å². The molecule has 2 rings (SSSR count). The zero-order valence-corrected chi connectivity index (χ0v) is 11.6. The van der Waals surface area contributed by atoms with Crippen molar-refractivity contribution in [2.75, 3.05) is 20.2 Å². The Balaban J connectivity index is 1.92. The van der Waals surface area contributed by atoms with Gasteiger partial charge in [-0.2, -0.15) is 0 Å². The van der Waals surface area contributed by atoms with Crippen LogP contribution in [0.5, 0.6) is 5.75 Å². The quantitative estimate of drug-likeness (QED) is 0.927. The van der Waals surface area contributed by atoms with Crippen LogP contribution in [0, 0.1) is 0 Å². The van der Waals surface area contributed by atoms with Crippen LogP contribution >= 0.6 is 15.9 Å². The number of benzene rings is 1. The van der Waals surface area contributed by atoms with Crippen LogP contribution in [-0.2, 0) is 11.3 Å². The molecule has 0 spiro atoms. The summed E-state index contributed by atoms with van der Waals surface area (Å²) < 4.78 is 12.2. The van der Waals surface area contributed by atoms with Gasteiger partial charge >= 0.3 is 0 Å². The van der Waals surface area contributed by atoms with Gasteiger partial charge in [0.2, 0.25) is 0 Å². The average molecular weight is 300 g/mol. The van der Waals surface area contributed by atoms with E-state index >= 15 is 0 Å². The van der Waals surface area contributed by atoms with Crippen molar-refractivity contribution in [3.63, 3.8) is 0 Å². The molecule has 1 aromatic carbocycles. The fraction of sp³-hybridized carbons (Fsp3) is 0.538. The maximum Gasteiger partial charge on any atom is 0.119 e. The lowest BCUT2D eigenvalue weighted by Gasteiger charge is -2.23. The van der Waals surface area contributed by atoms with Gasteiger partial charge in [-0.05, 0) is 43.1 Å². The Bertz CT molecular complexity index is 364. The maximum atomic E-state index is 5.90. The van der Waals surface area contributed by atoms with Crippen LogP contribution in [0.3, 0.4) is 0 Å². The third-order valence-corrected chi connectivity index (χ3v) is 3.75. The number of methoxy groups -OCH3 is 1. The minimum absolute atomic E-state index is 0.335. The topological polar surface area (TPSA) is 30.5 Å². The third-order valence-electron chi connectivity index (χ3n) is 2.98. The molecule has 1 aliphatic rings. The van der Waals surface area contributed by atoms with Crippen molar-refractivity contribution in [1.82, 2.24) is 5.32 Å². The molecule has 1 aromatic rings. The summed E-state index contributed by atoms with van der Waals surface area (Å²) in [5.41, 5.74) is 1.13. The number of nitrogens with one attached hydrogen (secondary N) is 1. The van der Waals surface area contributed by atoms with Crippen molar-refractivity contribution in [3.05, 3.63) is 28.2 Å². The molecule has 1 saturated heterocycles. The molecule has 0 aliphatic carbocycles. The molecule has 4 heteroatoms. The summed E-state index contributed by atoms with van der Waals surface area (Å²) >= 11 is 3.53. The van der Waals surface area contributed by atoms with Crippen LogP contribution < -0.4 is 10.1 Å². The highest BCUT2D eigenvalue weighted by atomic mass is 79.9. The maximum absolute atomic E-state index is 5.90. The van der Waals surface area contributed by atoms with Crippen LogP contribution in [0.4, 0.5) is 0 Å². The van der Waals surface area contributed by atoms with Crippen molar-refractivity contribution in [1.29, 1.82) is 0 Å². The Morgan fingerprint density at radius 3 is 3.06 bits per heavy atom. The zero-order chi connectivity index (χ0) is 12.1. The molecule has 0 amide bonds. The van der Waals surface area contributed by atoms with E-state index in [1.807, 2.05) is 18.2 Å². The molecule has 0 aromatic heterocycles. The van der Waals surface area contributed by atoms with Gasteiger partial charge < -0.3 is 14.8 Å². The number of ether oxygens (including phenoxy) is 2. The molecule has 0 unspecified atom stereocenters. The fourth-order valence-corrected chi connectivity index (χ4v) is 2.32. The second-order valence-corrected chi connectivity index (χ2v) is 5.09. The summed E-state index contributed by atoms with van der Waals surface area (Å²) in [6.07, 6.45) is 2.68. The van der Waals surface area contributed by atoms with Gasteiger partial charge in [0.25, 0.3) is 0 Å². The summed E-state index contributed by atoms with van der Waals surface area (Å²) in [7, 11) is 1.68. The smallest absolute Gasteiger partial charge is 0.119 e. The van der Waals surface area contributed by atoms with Crippen molar-refractivity contribution in [2.24, 2.45) is 0 Å². The Hall–Kier alpha value is -0.580. The van der Waals surface area contributed by atoms with Crippen molar-refractivity contribution >= 4 is 15.9 Å². The molecule has 0 radical (unpaired) electrons. The minimum Gasteiger partial charge on any atom is -0.497 e. The number of rotatable bonds is 4. The predicted molar refractivity (Wildman–Crippen MR) is 71.4 cm³/mol. The minimum atomic E-state index is 0.335. The molecule has 1 N–H and O–H groups in total. The number of hydrogen-bond acceptors (Lipinski definition) is 3. The molecular formula is C13H18BrNO2. The first-order valence-electron chi connectivity index (χ1n) is 5.94. The third kappa shape index (κ3) is 3.69. The normalized spacial score (nSPS) is 20.2. The van der Waals surface area contributed by atoms with E-state index in [2.05, 4.69) is 21.2 Å². The summed E-state index contributed by atoms with van der Waals surface area (Å²) in [6.45, 7) is 2.70. The molecule has 1 atom stereocenters. The number of hydrogen-bond donors (Lipinski definition) is 1. The van der Waals surface area contributed by atoms with E-state index in [4.69, 9.17) is 9.47 Å². The van der Waals surface area contributed by atoms with E-state index in [1.165, 1.54) is 6.42 Å². The standard InChI is InChI=1S/C13H18BrNO2/c1-16-11-4-5-13(14)10(7-11)9-17-12-3-2-6-15-8-12/h4-5,7,12,15H,2-3,6,8-9H2,1H3/t12-/m0/s1. The molecule has 1 aliphatic heterocycles. The Kier molecular flexibility index (Phi) is 4.83. The fourth-order valence-electron chi connectivity index (χ4n) is 1.96. The second-order valence-electron chi connectivity index (χ2n) is 4.24. The monoisotopic (exact) mass is 299 g/mol. The lowest BCUT2D eigenvalue weighted by molar-refractivity contribution is 0.0249. The van der Waals surface area contributed by atoms with Gasteiger partial charge in [0.05, 0.1) is 19.8 Å². The van der Waals surface area contributed by atoms with Gasteiger partial charge in [-0.15, -0.1) is 0 Å². The van der Waals surface area contributed by atoms with E-state index < -0.39 is 0 Å².